The first-order valence-corrected chi connectivity index (χ1v) is 14.5. The van der Waals surface area contributed by atoms with Gasteiger partial charge in [0.25, 0.3) is 0 Å². The Labute approximate surface area is 222 Å². The van der Waals surface area contributed by atoms with Gasteiger partial charge >= 0.3 is 0 Å². The fraction of sp³-hybridized carbons (Fsp3) is 0.407. The van der Waals surface area contributed by atoms with Gasteiger partial charge < -0.3 is 15.0 Å². The number of benzene rings is 2. The van der Waals surface area contributed by atoms with Crippen LogP contribution in [0.2, 0.25) is 5.02 Å². The van der Waals surface area contributed by atoms with Crippen LogP contribution in [-0.4, -0.2) is 56.9 Å². The molecule has 10 heteroatoms. The Hall–Kier alpha value is -2.88. The van der Waals surface area contributed by atoms with Crippen LogP contribution in [0, 0.1) is 5.92 Å². The molecule has 1 aromatic heterocycles. The van der Waals surface area contributed by atoms with Gasteiger partial charge in [-0.3, -0.25) is 4.79 Å². The number of methoxy groups -OCH3 is 1. The normalized spacial score (nSPS) is 19.1. The van der Waals surface area contributed by atoms with Gasteiger partial charge in [-0.1, -0.05) is 18.0 Å². The van der Waals surface area contributed by atoms with Gasteiger partial charge in [-0.05, 0) is 74.2 Å². The number of fused-ring (bicyclic) bond motifs is 1. The zero-order chi connectivity index (χ0) is 26.0. The molecule has 2 aliphatic rings. The van der Waals surface area contributed by atoms with Crippen molar-refractivity contribution >= 4 is 49.9 Å². The average molecular weight is 543 g/mol. The Morgan fingerprint density at radius 2 is 1.84 bits per heavy atom. The number of nitrogens with zero attached hydrogens (tertiary/aromatic N) is 3. The maximum absolute atomic E-state index is 13.1. The van der Waals surface area contributed by atoms with Crippen molar-refractivity contribution in [2.24, 2.45) is 5.92 Å². The highest BCUT2D eigenvalue weighted by molar-refractivity contribution is 7.89. The fourth-order valence-electron chi connectivity index (χ4n) is 5.07. The van der Waals surface area contributed by atoms with Gasteiger partial charge in [0.1, 0.15) is 11.6 Å². The molecular formula is C27H31ClN4O4S. The SMILES string of the molecule is COc1ccc(NC(=O)[C@H]2CCCN(c3ccc4cc(S(=O)(=O)N5CCCCC5)ccc4n3)C2)cc1Cl. The standard InChI is InChI=1S/C27H31ClN4O4S/c1-36-25-11-8-21(17-23(25)28)29-27(33)20-6-5-13-31(18-20)26-12-7-19-16-22(9-10-24(19)30-26)37(34,35)32-14-3-2-4-15-32/h7-12,16-17,20H,2-6,13-15,18H2,1H3,(H,29,33)/t20-/m0/s1. The summed E-state index contributed by atoms with van der Waals surface area (Å²) in [6.45, 7) is 2.51. The third-order valence-electron chi connectivity index (χ3n) is 7.13. The van der Waals surface area contributed by atoms with E-state index in [1.54, 1.807) is 47.8 Å². The lowest BCUT2D eigenvalue weighted by Crippen LogP contribution is -2.41. The summed E-state index contributed by atoms with van der Waals surface area (Å²) in [7, 11) is -1.95. The molecule has 3 aromatic rings. The molecule has 2 aliphatic heterocycles. The summed E-state index contributed by atoms with van der Waals surface area (Å²) in [5.74, 6) is 1.09. The van der Waals surface area contributed by atoms with E-state index >= 15 is 0 Å². The predicted octanol–water partition coefficient (Wildman–Crippen LogP) is 4.93. The lowest BCUT2D eigenvalue weighted by atomic mass is 9.97. The highest BCUT2D eigenvalue weighted by Crippen LogP contribution is 2.30. The number of pyridine rings is 1. The Bertz CT molecular complexity index is 1410. The van der Waals surface area contributed by atoms with E-state index in [9.17, 15) is 13.2 Å². The number of piperidine rings is 2. The smallest absolute Gasteiger partial charge is 0.243 e. The highest BCUT2D eigenvalue weighted by atomic mass is 35.5. The van der Waals surface area contributed by atoms with Crippen LogP contribution in [0.1, 0.15) is 32.1 Å². The Balaban J connectivity index is 1.29. The summed E-state index contributed by atoms with van der Waals surface area (Å²) in [4.78, 5) is 20.2. The molecule has 5 rings (SSSR count). The van der Waals surface area contributed by atoms with E-state index in [0.717, 1.165) is 55.4 Å². The monoisotopic (exact) mass is 542 g/mol. The first-order chi connectivity index (χ1) is 17.8. The van der Waals surface area contributed by atoms with Crippen molar-refractivity contribution in [1.29, 1.82) is 0 Å². The van der Waals surface area contributed by atoms with Crippen LogP contribution in [0.3, 0.4) is 0 Å². The number of hydrogen-bond donors (Lipinski definition) is 1. The molecule has 1 N–H and O–H groups in total. The molecule has 2 fully saturated rings. The van der Waals surface area contributed by atoms with E-state index in [1.807, 2.05) is 12.1 Å². The average Bonchev–Trinajstić information content (AvgIpc) is 2.93. The predicted molar refractivity (Wildman–Crippen MR) is 146 cm³/mol. The summed E-state index contributed by atoms with van der Waals surface area (Å²) >= 11 is 6.20. The number of sulfonamides is 1. The third kappa shape index (κ3) is 5.54. The molecule has 0 spiro atoms. The van der Waals surface area contributed by atoms with Crippen molar-refractivity contribution in [3.8, 4) is 5.75 Å². The highest BCUT2D eigenvalue weighted by Gasteiger charge is 2.28. The molecule has 0 bridgehead atoms. The number of nitrogens with one attached hydrogen (secondary N) is 1. The number of anilines is 2. The Morgan fingerprint density at radius 1 is 1.03 bits per heavy atom. The summed E-state index contributed by atoms with van der Waals surface area (Å²) < 4.78 is 32.9. The molecule has 3 heterocycles. The zero-order valence-electron chi connectivity index (χ0n) is 20.8. The van der Waals surface area contributed by atoms with Crippen molar-refractivity contribution in [1.82, 2.24) is 9.29 Å². The van der Waals surface area contributed by atoms with Crippen LogP contribution in [0.4, 0.5) is 11.5 Å². The van der Waals surface area contributed by atoms with Crippen LogP contribution in [0.5, 0.6) is 5.75 Å². The van der Waals surface area contributed by atoms with E-state index in [4.69, 9.17) is 21.3 Å². The fourth-order valence-corrected chi connectivity index (χ4v) is 6.88. The first-order valence-electron chi connectivity index (χ1n) is 12.7. The maximum Gasteiger partial charge on any atom is 0.243 e. The molecule has 0 radical (unpaired) electrons. The number of hydrogen-bond acceptors (Lipinski definition) is 6. The Kier molecular flexibility index (Phi) is 7.55. The summed E-state index contributed by atoms with van der Waals surface area (Å²) in [6.07, 6.45) is 4.54. The van der Waals surface area contributed by atoms with E-state index in [0.29, 0.717) is 41.0 Å². The van der Waals surface area contributed by atoms with Crippen LogP contribution < -0.4 is 15.0 Å². The second-order valence-electron chi connectivity index (χ2n) is 9.61. The van der Waals surface area contributed by atoms with Gasteiger partial charge in [0.15, 0.2) is 0 Å². The van der Waals surface area contributed by atoms with Crippen molar-refractivity contribution < 1.29 is 17.9 Å². The molecule has 2 aromatic carbocycles. The number of carbonyl (C=O) groups excluding carboxylic acids is 1. The number of halogens is 1. The molecule has 0 unspecified atom stereocenters. The van der Waals surface area contributed by atoms with E-state index in [2.05, 4.69) is 10.2 Å². The molecule has 0 saturated carbocycles. The molecule has 1 atom stereocenters. The molecule has 0 aliphatic carbocycles. The minimum absolute atomic E-state index is 0.0562. The van der Waals surface area contributed by atoms with Gasteiger partial charge in [0.2, 0.25) is 15.9 Å². The van der Waals surface area contributed by atoms with E-state index < -0.39 is 10.0 Å². The van der Waals surface area contributed by atoms with Gasteiger partial charge in [-0.25, -0.2) is 13.4 Å². The number of carbonyl (C=O) groups is 1. The quantitative estimate of drug-likeness (QED) is 0.475. The number of ether oxygens (including phenoxy) is 1. The van der Waals surface area contributed by atoms with Crippen LogP contribution in [0.15, 0.2) is 53.4 Å². The zero-order valence-corrected chi connectivity index (χ0v) is 22.4. The van der Waals surface area contributed by atoms with Gasteiger partial charge in [-0.2, -0.15) is 4.31 Å². The summed E-state index contributed by atoms with van der Waals surface area (Å²) in [5, 5.41) is 4.19. The van der Waals surface area contributed by atoms with Crippen molar-refractivity contribution in [2.45, 2.75) is 37.0 Å². The lowest BCUT2D eigenvalue weighted by molar-refractivity contribution is -0.120. The van der Waals surface area contributed by atoms with Gasteiger partial charge in [0.05, 0.1) is 28.5 Å². The van der Waals surface area contributed by atoms with Crippen LogP contribution in [0.25, 0.3) is 10.9 Å². The molecule has 2 saturated heterocycles. The lowest BCUT2D eigenvalue weighted by Gasteiger charge is -2.33. The van der Waals surface area contributed by atoms with E-state index in [1.165, 1.54) is 0 Å². The topological polar surface area (TPSA) is 91.8 Å². The van der Waals surface area contributed by atoms with Crippen molar-refractivity contribution in [2.75, 3.05) is 43.5 Å². The molecule has 8 nitrogen and oxygen atoms in total. The minimum atomic E-state index is -3.50. The molecular weight excluding hydrogens is 512 g/mol. The second kappa shape index (κ2) is 10.8. The van der Waals surface area contributed by atoms with Gasteiger partial charge in [-0.15, -0.1) is 0 Å². The van der Waals surface area contributed by atoms with Crippen LogP contribution >= 0.6 is 11.6 Å². The maximum atomic E-state index is 13.1. The van der Waals surface area contributed by atoms with Crippen molar-refractivity contribution in [3.63, 3.8) is 0 Å². The third-order valence-corrected chi connectivity index (χ3v) is 9.32. The van der Waals surface area contributed by atoms with E-state index in [-0.39, 0.29) is 11.8 Å². The van der Waals surface area contributed by atoms with Crippen LogP contribution in [-0.2, 0) is 14.8 Å². The summed E-state index contributed by atoms with van der Waals surface area (Å²) in [5.41, 5.74) is 1.36. The first kappa shape index (κ1) is 25.8. The number of aromatic nitrogens is 1. The second-order valence-corrected chi connectivity index (χ2v) is 12.0. The molecule has 1 amide bonds. The summed E-state index contributed by atoms with van der Waals surface area (Å²) in [6, 6.07) is 14.1. The van der Waals surface area contributed by atoms with Gasteiger partial charge in [0, 0.05) is 37.3 Å². The number of amides is 1. The minimum Gasteiger partial charge on any atom is -0.495 e. The molecule has 37 heavy (non-hydrogen) atoms. The van der Waals surface area contributed by atoms with Crippen molar-refractivity contribution in [3.05, 3.63) is 53.6 Å². The molecule has 196 valence electrons. The Morgan fingerprint density at radius 3 is 2.59 bits per heavy atom. The number of rotatable bonds is 6. The largest absolute Gasteiger partial charge is 0.495 e.